The van der Waals surface area contributed by atoms with Crippen molar-refractivity contribution in [2.45, 2.75) is 0 Å². The van der Waals surface area contributed by atoms with Gasteiger partial charge in [-0.1, -0.05) is 60.7 Å². The molecule has 0 aliphatic heterocycles. The van der Waals surface area contributed by atoms with Crippen LogP contribution in [0.25, 0.3) is 0 Å². The van der Waals surface area contributed by atoms with Gasteiger partial charge < -0.3 is 10.6 Å². The van der Waals surface area contributed by atoms with E-state index in [9.17, 15) is 19.2 Å². The number of benzene rings is 3. The number of amides is 2. The molecule has 0 unspecified atom stereocenters. The quantitative estimate of drug-likeness (QED) is 0.393. The molecule has 0 spiro atoms. The average molecular weight is 515 g/mol. The molecule has 3 aromatic carbocycles. The lowest BCUT2D eigenvalue weighted by molar-refractivity contribution is 0.0960. The molecule has 0 bridgehead atoms. The molecule has 8 nitrogen and oxygen atoms in total. The molecule has 1 aliphatic rings. The monoisotopic (exact) mass is 514 g/mol. The first-order chi connectivity index (χ1) is 17.3. The van der Waals surface area contributed by atoms with Crippen LogP contribution < -0.4 is 21.3 Å². The molecule has 0 heterocycles. The smallest absolute Gasteiger partial charge is 0.257 e. The maximum Gasteiger partial charge on any atom is 0.257 e. The molecule has 0 fully saturated rings. The molecule has 36 heavy (non-hydrogen) atoms. The number of Topliss-reactive ketones (excluding diaryl/α,β-unsaturated/α-hetero) is 2. The highest BCUT2D eigenvalue weighted by Gasteiger charge is 2.33. The van der Waals surface area contributed by atoms with Crippen molar-refractivity contribution in [1.82, 2.24) is 21.3 Å². The maximum atomic E-state index is 13.3. The number of hydrogen-bond acceptors (Lipinski definition) is 6. The van der Waals surface area contributed by atoms with Crippen molar-refractivity contribution >= 4 is 58.0 Å². The maximum absolute atomic E-state index is 13.3. The first-order valence-electron chi connectivity index (χ1n) is 10.6. The third kappa shape index (κ3) is 5.40. The van der Waals surface area contributed by atoms with E-state index in [1.165, 1.54) is 12.1 Å². The number of fused-ring (bicyclic) bond motifs is 1. The molecule has 0 radical (unpaired) electrons. The van der Waals surface area contributed by atoms with Gasteiger partial charge in [-0.25, -0.2) is 0 Å². The van der Waals surface area contributed by atoms with E-state index in [1.54, 1.807) is 72.8 Å². The zero-order chi connectivity index (χ0) is 25.7. The Bertz CT molecular complexity index is 1330. The molecule has 0 aromatic heterocycles. The Balaban J connectivity index is 1.59. The predicted octanol–water partition coefficient (Wildman–Crippen LogP) is 2.89. The summed E-state index contributed by atoms with van der Waals surface area (Å²) in [5, 5.41) is 9.88. The lowest BCUT2D eigenvalue weighted by Gasteiger charge is -2.23. The Hall–Kier alpha value is -4.54. The SMILES string of the molecule is O=C(NC(=S)NC1=C(NC(=S)NC(=O)c2ccccc2)C(=O)c2ccccc2C1=O)c1ccccc1. The van der Waals surface area contributed by atoms with Gasteiger partial charge in [0, 0.05) is 22.3 Å². The molecule has 10 heteroatoms. The van der Waals surface area contributed by atoms with Crippen LogP contribution in [0.2, 0.25) is 0 Å². The summed E-state index contributed by atoms with van der Waals surface area (Å²) in [6, 6.07) is 23.0. The first kappa shape index (κ1) is 24.6. The number of ketones is 2. The van der Waals surface area contributed by atoms with Gasteiger partial charge in [-0.2, -0.15) is 0 Å². The van der Waals surface area contributed by atoms with Gasteiger partial charge in [0.15, 0.2) is 10.2 Å². The largest absolute Gasteiger partial charge is 0.327 e. The second-order valence-electron chi connectivity index (χ2n) is 7.50. The number of allylic oxidation sites excluding steroid dienone is 2. The summed E-state index contributed by atoms with van der Waals surface area (Å²) in [6.45, 7) is 0. The van der Waals surface area contributed by atoms with E-state index in [0.29, 0.717) is 11.1 Å². The van der Waals surface area contributed by atoms with E-state index in [-0.39, 0.29) is 32.7 Å². The summed E-state index contributed by atoms with van der Waals surface area (Å²) < 4.78 is 0. The van der Waals surface area contributed by atoms with Crippen LogP contribution in [0.15, 0.2) is 96.3 Å². The van der Waals surface area contributed by atoms with E-state index >= 15 is 0 Å². The van der Waals surface area contributed by atoms with E-state index in [4.69, 9.17) is 24.4 Å². The van der Waals surface area contributed by atoms with E-state index in [2.05, 4.69) is 21.3 Å². The van der Waals surface area contributed by atoms with Gasteiger partial charge in [0.1, 0.15) is 11.4 Å². The fraction of sp³-hybridized carbons (Fsp3) is 0. The van der Waals surface area contributed by atoms with E-state index < -0.39 is 23.4 Å². The standard InChI is InChI=1S/C26H18N4O4S2/c31-21-17-13-7-8-14-18(17)22(32)20(28-26(36)30-24(34)16-11-5-2-6-12-16)19(21)27-25(35)29-23(33)15-9-3-1-4-10-15/h1-14H,(H2,27,29,33,35)(H2,28,30,34,36). The fourth-order valence-electron chi connectivity index (χ4n) is 3.43. The third-order valence-corrected chi connectivity index (χ3v) is 5.53. The first-order valence-corrected chi connectivity index (χ1v) is 11.4. The molecule has 0 saturated heterocycles. The topological polar surface area (TPSA) is 116 Å². The summed E-state index contributed by atoms with van der Waals surface area (Å²) in [4.78, 5) is 51.5. The van der Waals surface area contributed by atoms with Crippen molar-refractivity contribution in [3.05, 3.63) is 119 Å². The lowest BCUT2D eigenvalue weighted by Crippen LogP contribution is -2.47. The van der Waals surface area contributed by atoms with Crippen molar-refractivity contribution in [1.29, 1.82) is 0 Å². The fourth-order valence-corrected chi connectivity index (χ4v) is 3.82. The van der Waals surface area contributed by atoms with Gasteiger partial charge in [0.25, 0.3) is 11.8 Å². The molecule has 4 rings (SSSR count). The number of nitrogens with one attached hydrogen (secondary N) is 4. The van der Waals surface area contributed by atoms with Gasteiger partial charge >= 0.3 is 0 Å². The minimum atomic E-state index is -0.541. The Morgan fingerprint density at radius 2 is 0.861 bits per heavy atom. The van der Waals surface area contributed by atoms with Crippen molar-refractivity contribution in [3.8, 4) is 0 Å². The minimum Gasteiger partial charge on any atom is -0.327 e. The molecule has 0 atom stereocenters. The normalized spacial score (nSPS) is 12.3. The highest BCUT2D eigenvalue weighted by atomic mass is 32.1. The Kier molecular flexibility index (Phi) is 7.38. The molecular weight excluding hydrogens is 496 g/mol. The van der Waals surface area contributed by atoms with Crippen LogP contribution in [0, 0.1) is 0 Å². The van der Waals surface area contributed by atoms with Gasteiger partial charge in [-0.05, 0) is 48.7 Å². The van der Waals surface area contributed by atoms with E-state index in [0.717, 1.165) is 0 Å². The molecule has 2 amide bonds. The molecule has 178 valence electrons. The van der Waals surface area contributed by atoms with Crippen LogP contribution in [0.3, 0.4) is 0 Å². The van der Waals surface area contributed by atoms with Crippen LogP contribution in [-0.4, -0.2) is 33.6 Å². The summed E-state index contributed by atoms with van der Waals surface area (Å²) in [7, 11) is 0. The van der Waals surface area contributed by atoms with Gasteiger partial charge in [0.2, 0.25) is 11.6 Å². The van der Waals surface area contributed by atoms with Crippen LogP contribution in [0.4, 0.5) is 0 Å². The number of carbonyl (C=O) groups is 4. The van der Waals surface area contributed by atoms with Crippen LogP contribution >= 0.6 is 24.4 Å². The summed E-state index contributed by atoms with van der Waals surface area (Å²) >= 11 is 10.5. The summed E-state index contributed by atoms with van der Waals surface area (Å²) in [5.41, 5.74) is 0.603. The summed E-state index contributed by atoms with van der Waals surface area (Å²) in [5.74, 6) is -2.07. The van der Waals surface area contributed by atoms with Crippen LogP contribution in [-0.2, 0) is 0 Å². The van der Waals surface area contributed by atoms with Crippen molar-refractivity contribution < 1.29 is 19.2 Å². The minimum absolute atomic E-state index is 0.159. The average Bonchev–Trinajstić information content (AvgIpc) is 2.90. The third-order valence-electron chi connectivity index (χ3n) is 5.12. The number of thiocarbonyl (C=S) groups is 2. The van der Waals surface area contributed by atoms with Crippen LogP contribution in [0.1, 0.15) is 41.4 Å². The predicted molar refractivity (Wildman–Crippen MR) is 141 cm³/mol. The second kappa shape index (κ2) is 10.8. The number of carbonyl (C=O) groups excluding carboxylic acids is 4. The molecule has 0 saturated carbocycles. The van der Waals surface area contributed by atoms with Crippen LogP contribution in [0.5, 0.6) is 0 Å². The summed E-state index contributed by atoms with van der Waals surface area (Å²) in [6.07, 6.45) is 0. The van der Waals surface area contributed by atoms with Gasteiger partial charge in [-0.15, -0.1) is 0 Å². The Labute approximate surface area is 216 Å². The number of hydrogen-bond donors (Lipinski definition) is 4. The zero-order valence-corrected chi connectivity index (χ0v) is 20.2. The van der Waals surface area contributed by atoms with Gasteiger partial charge in [0.05, 0.1) is 0 Å². The second-order valence-corrected chi connectivity index (χ2v) is 8.32. The zero-order valence-electron chi connectivity index (χ0n) is 18.5. The van der Waals surface area contributed by atoms with Gasteiger partial charge in [-0.3, -0.25) is 29.8 Å². The van der Waals surface area contributed by atoms with E-state index in [1.807, 2.05) is 0 Å². The van der Waals surface area contributed by atoms with Crippen molar-refractivity contribution in [2.24, 2.45) is 0 Å². The Morgan fingerprint density at radius 3 is 1.22 bits per heavy atom. The Morgan fingerprint density at radius 1 is 0.528 bits per heavy atom. The number of rotatable bonds is 4. The molecule has 4 N–H and O–H groups in total. The molecule has 1 aliphatic carbocycles. The lowest BCUT2D eigenvalue weighted by atomic mass is 9.90. The molecule has 3 aromatic rings. The molecular formula is C26H18N4O4S2. The van der Waals surface area contributed by atoms with Crippen molar-refractivity contribution in [3.63, 3.8) is 0 Å². The highest BCUT2D eigenvalue weighted by molar-refractivity contribution is 7.80. The highest BCUT2D eigenvalue weighted by Crippen LogP contribution is 2.24. The van der Waals surface area contributed by atoms with Crippen molar-refractivity contribution in [2.75, 3.05) is 0 Å².